The molecule has 1 aliphatic carbocycles. The first kappa shape index (κ1) is 19.6. The molecule has 3 atom stereocenters. The molecule has 3 nitrogen and oxygen atoms in total. The smallest absolute Gasteiger partial charge is 0.337 e. The zero-order chi connectivity index (χ0) is 20.9. The molecule has 2 bridgehead atoms. The van der Waals surface area contributed by atoms with E-state index in [4.69, 9.17) is 0 Å². The van der Waals surface area contributed by atoms with Crippen LogP contribution >= 0.6 is 0 Å². The van der Waals surface area contributed by atoms with Crippen molar-refractivity contribution in [2.75, 3.05) is 13.1 Å². The van der Waals surface area contributed by atoms with E-state index in [0.29, 0.717) is 17.6 Å². The van der Waals surface area contributed by atoms with Crippen molar-refractivity contribution < 1.29 is 18.0 Å². The highest BCUT2D eigenvalue weighted by molar-refractivity contribution is 5.79. The summed E-state index contributed by atoms with van der Waals surface area (Å²) in [5.41, 5.74) is 2.87. The third-order valence-electron chi connectivity index (χ3n) is 7.03. The zero-order valence-electron chi connectivity index (χ0n) is 16.7. The van der Waals surface area contributed by atoms with Crippen molar-refractivity contribution in [2.24, 2.45) is 0 Å². The molecule has 0 N–H and O–H groups in total. The highest BCUT2D eigenvalue weighted by atomic mass is 19.4. The van der Waals surface area contributed by atoms with Crippen molar-refractivity contribution in [3.63, 3.8) is 0 Å². The number of fused-ring (bicyclic) bond motifs is 3. The summed E-state index contributed by atoms with van der Waals surface area (Å²) in [4.78, 5) is 17.4. The first-order valence-corrected chi connectivity index (χ1v) is 10.7. The van der Waals surface area contributed by atoms with Gasteiger partial charge in [0.15, 0.2) is 0 Å². The van der Waals surface area contributed by atoms with Crippen LogP contribution in [0.4, 0.5) is 13.2 Å². The molecule has 2 heterocycles. The summed E-state index contributed by atoms with van der Waals surface area (Å²) in [6.45, 7) is 1.65. The van der Waals surface area contributed by atoms with Crippen LogP contribution in [0, 0.1) is 0 Å². The molecule has 3 unspecified atom stereocenters. The van der Waals surface area contributed by atoms with Gasteiger partial charge in [-0.1, -0.05) is 36.4 Å². The number of rotatable bonds is 3. The maximum Gasteiger partial charge on any atom is 0.416 e. The number of aryl methyl sites for hydroxylation is 1. The molecule has 30 heavy (non-hydrogen) atoms. The van der Waals surface area contributed by atoms with Gasteiger partial charge in [0.05, 0.1) is 12.0 Å². The fraction of sp³-hybridized carbons (Fsp3) is 0.458. The van der Waals surface area contributed by atoms with Crippen molar-refractivity contribution in [1.82, 2.24) is 9.80 Å². The Labute approximate surface area is 174 Å². The van der Waals surface area contributed by atoms with Crippen molar-refractivity contribution >= 4 is 5.91 Å². The van der Waals surface area contributed by atoms with E-state index < -0.39 is 11.7 Å². The summed E-state index contributed by atoms with van der Waals surface area (Å²) in [6, 6.07) is 14.8. The first-order chi connectivity index (χ1) is 14.4. The molecule has 2 aromatic rings. The average molecular weight is 414 g/mol. The number of hydrogen-bond donors (Lipinski definition) is 0. The highest BCUT2D eigenvalue weighted by Gasteiger charge is 2.47. The van der Waals surface area contributed by atoms with Crippen LogP contribution in [0.15, 0.2) is 48.5 Å². The number of alkyl halides is 3. The molecule has 2 fully saturated rings. The van der Waals surface area contributed by atoms with Gasteiger partial charge in [-0.3, -0.25) is 9.69 Å². The number of likely N-dealkylation sites (tertiary alicyclic amines) is 2. The monoisotopic (exact) mass is 414 g/mol. The van der Waals surface area contributed by atoms with Gasteiger partial charge in [-0.05, 0) is 54.5 Å². The van der Waals surface area contributed by atoms with Crippen LogP contribution in [0.25, 0.3) is 0 Å². The second kappa shape index (κ2) is 7.41. The lowest BCUT2D eigenvalue weighted by Gasteiger charge is -2.41. The summed E-state index contributed by atoms with van der Waals surface area (Å²) in [7, 11) is 0. The minimum absolute atomic E-state index is 0.0240. The number of carbonyl (C=O) groups is 1. The minimum atomic E-state index is -4.35. The number of carbonyl (C=O) groups excluding carboxylic acids is 1. The number of benzene rings is 2. The predicted octanol–water partition coefficient (Wildman–Crippen LogP) is 4.09. The fourth-order valence-electron chi connectivity index (χ4n) is 5.50. The average Bonchev–Trinajstić information content (AvgIpc) is 3.34. The Kier molecular flexibility index (Phi) is 4.85. The lowest BCUT2D eigenvalue weighted by atomic mass is 9.87. The zero-order valence-corrected chi connectivity index (χ0v) is 16.7. The lowest BCUT2D eigenvalue weighted by Crippen LogP contribution is -2.53. The van der Waals surface area contributed by atoms with E-state index in [1.54, 1.807) is 0 Å². The number of amides is 1. The molecule has 2 aromatic carbocycles. The standard InChI is InChI=1S/C24H25F3N2O/c25-24(26,27)19-8-5-16(6-9-19)11-23(30)29-15-21-13-22(29)14-28(21)20-10-7-17-3-1-2-4-18(17)12-20/h1-6,8-9,20-22H,7,10-15H2. The molecule has 6 heteroatoms. The van der Waals surface area contributed by atoms with Gasteiger partial charge < -0.3 is 4.90 Å². The molecule has 3 aliphatic rings. The molecule has 2 saturated heterocycles. The predicted molar refractivity (Wildman–Crippen MR) is 108 cm³/mol. The van der Waals surface area contributed by atoms with Crippen molar-refractivity contribution in [3.05, 3.63) is 70.8 Å². The van der Waals surface area contributed by atoms with Crippen LogP contribution in [0.3, 0.4) is 0 Å². The van der Waals surface area contributed by atoms with Gasteiger partial charge in [0.2, 0.25) is 5.91 Å². The molecular weight excluding hydrogens is 389 g/mol. The Balaban J connectivity index is 1.19. The fourth-order valence-corrected chi connectivity index (χ4v) is 5.50. The van der Waals surface area contributed by atoms with Gasteiger partial charge in [-0.15, -0.1) is 0 Å². The van der Waals surface area contributed by atoms with E-state index >= 15 is 0 Å². The van der Waals surface area contributed by atoms with Gasteiger partial charge in [-0.2, -0.15) is 13.2 Å². The van der Waals surface area contributed by atoms with Gasteiger partial charge in [0.1, 0.15) is 0 Å². The normalized spacial score (nSPS) is 26.1. The summed E-state index contributed by atoms with van der Waals surface area (Å²) in [6.07, 6.45) is 0.193. The molecule has 0 spiro atoms. The van der Waals surface area contributed by atoms with Crippen LogP contribution < -0.4 is 0 Å². The van der Waals surface area contributed by atoms with E-state index in [2.05, 4.69) is 29.2 Å². The maximum absolute atomic E-state index is 12.8. The maximum atomic E-state index is 12.8. The molecule has 0 saturated carbocycles. The number of piperazine rings is 1. The third-order valence-corrected chi connectivity index (χ3v) is 7.03. The summed E-state index contributed by atoms with van der Waals surface area (Å²) in [5, 5.41) is 0. The van der Waals surface area contributed by atoms with Gasteiger partial charge >= 0.3 is 6.18 Å². The summed E-state index contributed by atoms with van der Waals surface area (Å²) >= 11 is 0. The first-order valence-electron chi connectivity index (χ1n) is 10.7. The van der Waals surface area contributed by atoms with E-state index in [0.717, 1.165) is 44.5 Å². The molecule has 0 aromatic heterocycles. The molecular formula is C24H25F3N2O. The Bertz CT molecular complexity index is 940. The Morgan fingerprint density at radius 3 is 2.33 bits per heavy atom. The van der Waals surface area contributed by atoms with E-state index in [9.17, 15) is 18.0 Å². The number of halogens is 3. The summed E-state index contributed by atoms with van der Waals surface area (Å²) in [5.74, 6) is 0.0240. The van der Waals surface area contributed by atoms with Gasteiger partial charge in [-0.25, -0.2) is 0 Å². The van der Waals surface area contributed by atoms with Crippen molar-refractivity contribution in [1.29, 1.82) is 0 Å². The quantitative estimate of drug-likeness (QED) is 0.755. The molecule has 1 amide bonds. The number of hydrogen-bond acceptors (Lipinski definition) is 2. The van der Waals surface area contributed by atoms with Crippen LogP contribution in [-0.4, -0.2) is 46.9 Å². The number of nitrogens with zero attached hydrogens (tertiary/aromatic N) is 2. The SMILES string of the molecule is O=C(Cc1ccc(C(F)(F)F)cc1)N1CC2CC1CN2C1CCc2ccccc2C1. The van der Waals surface area contributed by atoms with E-state index in [-0.39, 0.29) is 18.4 Å². The van der Waals surface area contributed by atoms with Gasteiger partial charge in [0, 0.05) is 31.2 Å². The Morgan fingerprint density at radius 1 is 0.933 bits per heavy atom. The Hall–Kier alpha value is -2.34. The molecule has 0 radical (unpaired) electrons. The molecule has 5 rings (SSSR count). The van der Waals surface area contributed by atoms with Crippen LogP contribution in [0.1, 0.15) is 35.1 Å². The van der Waals surface area contributed by atoms with Crippen molar-refractivity contribution in [3.8, 4) is 0 Å². The van der Waals surface area contributed by atoms with Crippen molar-refractivity contribution in [2.45, 2.75) is 56.4 Å². The van der Waals surface area contributed by atoms with Crippen LogP contribution in [0.2, 0.25) is 0 Å². The lowest BCUT2D eigenvalue weighted by molar-refractivity contribution is -0.137. The van der Waals surface area contributed by atoms with Crippen LogP contribution in [0.5, 0.6) is 0 Å². The topological polar surface area (TPSA) is 23.6 Å². The minimum Gasteiger partial charge on any atom is -0.337 e. The molecule has 158 valence electrons. The Morgan fingerprint density at radius 2 is 1.67 bits per heavy atom. The van der Waals surface area contributed by atoms with E-state index in [1.165, 1.54) is 29.7 Å². The molecule has 2 aliphatic heterocycles. The highest BCUT2D eigenvalue weighted by Crippen LogP contribution is 2.36. The van der Waals surface area contributed by atoms with E-state index in [1.807, 2.05) is 4.90 Å². The largest absolute Gasteiger partial charge is 0.416 e. The second-order valence-electron chi connectivity index (χ2n) is 8.82. The van der Waals surface area contributed by atoms with Gasteiger partial charge in [0.25, 0.3) is 0 Å². The third kappa shape index (κ3) is 3.62. The summed E-state index contributed by atoms with van der Waals surface area (Å²) < 4.78 is 38.2. The van der Waals surface area contributed by atoms with Crippen LogP contribution in [-0.2, 0) is 30.2 Å². The second-order valence-corrected chi connectivity index (χ2v) is 8.82.